The second-order valence-electron chi connectivity index (χ2n) is 9.47. The summed E-state index contributed by atoms with van der Waals surface area (Å²) in [6.45, 7) is 11.1. The van der Waals surface area contributed by atoms with Gasteiger partial charge in [0, 0.05) is 31.6 Å². The number of nitrogens with zero attached hydrogens (tertiary/aromatic N) is 5. The van der Waals surface area contributed by atoms with Gasteiger partial charge in [0.1, 0.15) is 17.2 Å². The SMILES string of the molecule is CNc1cc(-n2ncc3cc(C)c(C4CCN(C(=O)OC(C)(C)C)CC4)cc32)nc(C)n1. The van der Waals surface area contributed by atoms with Crippen LogP contribution in [0, 0.1) is 13.8 Å². The van der Waals surface area contributed by atoms with E-state index in [2.05, 4.69) is 39.4 Å². The molecule has 1 fully saturated rings. The van der Waals surface area contributed by atoms with E-state index in [9.17, 15) is 4.79 Å². The molecule has 32 heavy (non-hydrogen) atoms. The molecule has 8 heteroatoms. The molecule has 3 heterocycles. The molecular weight excluding hydrogens is 404 g/mol. The summed E-state index contributed by atoms with van der Waals surface area (Å²) in [6.07, 6.45) is 3.49. The quantitative estimate of drug-likeness (QED) is 0.646. The van der Waals surface area contributed by atoms with Crippen molar-refractivity contribution in [2.75, 3.05) is 25.5 Å². The number of carbonyl (C=O) groups excluding carboxylic acids is 1. The first kappa shape index (κ1) is 22.0. The van der Waals surface area contributed by atoms with E-state index >= 15 is 0 Å². The maximum atomic E-state index is 12.4. The number of aromatic nitrogens is 4. The zero-order chi connectivity index (χ0) is 23.0. The molecule has 0 aliphatic carbocycles. The molecule has 2 aromatic heterocycles. The van der Waals surface area contributed by atoms with Gasteiger partial charge in [-0.2, -0.15) is 5.10 Å². The van der Waals surface area contributed by atoms with Crippen molar-refractivity contribution in [1.29, 1.82) is 0 Å². The van der Waals surface area contributed by atoms with E-state index in [-0.39, 0.29) is 6.09 Å². The van der Waals surface area contributed by atoms with Gasteiger partial charge in [-0.1, -0.05) is 0 Å². The van der Waals surface area contributed by atoms with Crippen molar-refractivity contribution in [3.05, 3.63) is 41.3 Å². The number of piperidine rings is 1. The van der Waals surface area contributed by atoms with Crippen LogP contribution in [0.2, 0.25) is 0 Å². The molecule has 0 radical (unpaired) electrons. The van der Waals surface area contributed by atoms with Crippen LogP contribution < -0.4 is 5.32 Å². The minimum Gasteiger partial charge on any atom is -0.444 e. The van der Waals surface area contributed by atoms with E-state index in [4.69, 9.17) is 4.74 Å². The number of amides is 1. The van der Waals surface area contributed by atoms with Gasteiger partial charge in [-0.15, -0.1) is 0 Å². The van der Waals surface area contributed by atoms with E-state index in [0.29, 0.717) is 24.8 Å². The molecule has 1 aromatic carbocycles. The lowest BCUT2D eigenvalue weighted by Gasteiger charge is -2.34. The number of benzene rings is 1. The largest absolute Gasteiger partial charge is 0.444 e. The monoisotopic (exact) mass is 436 g/mol. The minimum absolute atomic E-state index is 0.222. The third-order valence-corrected chi connectivity index (χ3v) is 5.84. The van der Waals surface area contributed by atoms with Crippen LogP contribution in [0.25, 0.3) is 16.7 Å². The number of nitrogens with one attached hydrogen (secondary N) is 1. The maximum Gasteiger partial charge on any atom is 0.410 e. The fourth-order valence-corrected chi connectivity index (χ4v) is 4.31. The number of hydrogen-bond donors (Lipinski definition) is 1. The van der Waals surface area contributed by atoms with Gasteiger partial charge >= 0.3 is 6.09 Å². The Morgan fingerprint density at radius 3 is 2.50 bits per heavy atom. The van der Waals surface area contributed by atoms with Crippen LogP contribution in [-0.2, 0) is 4.74 Å². The second kappa shape index (κ2) is 8.41. The second-order valence-corrected chi connectivity index (χ2v) is 9.47. The molecule has 0 spiro atoms. The third kappa shape index (κ3) is 4.54. The Morgan fingerprint density at radius 2 is 1.84 bits per heavy atom. The predicted molar refractivity (Wildman–Crippen MR) is 125 cm³/mol. The van der Waals surface area contributed by atoms with Gasteiger partial charge in [-0.3, -0.25) is 0 Å². The highest BCUT2D eigenvalue weighted by molar-refractivity contribution is 5.82. The average molecular weight is 437 g/mol. The number of ether oxygens (including phenoxy) is 1. The Morgan fingerprint density at radius 1 is 1.12 bits per heavy atom. The number of hydrogen-bond acceptors (Lipinski definition) is 6. The number of likely N-dealkylation sites (tertiary alicyclic amines) is 1. The molecule has 0 bridgehead atoms. The summed E-state index contributed by atoms with van der Waals surface area (Å²) in [5, 5.41) is 8.77. The molecule has 1 N–H and O–H groups in total. The van der Waals surface area contributed by atoms with Crippen molar-refractivity contribution in [2.45, 2.75) is 59.0 Å². The van der Waals surface area contributed by atoms with Crippen molar-refractivity contribution in [3.63, 3.8) is 0 Å². The lowest BCUT2D eigenvalue weighted by molar-refractivity contribution is 0.0205. The molecule has 1 saturated heterocycles. The minimum atomic E-state index is -0.472. The van der Waals surface area contributed by atoms with Gasteiger partial charge in [-0.25, -0.2) is 19.4 Å². The van der Waals surface area contributed by atoms with Gasteiger partial charge in [0.25, 0.3) is 0 Å². The Labute approximate surface area is 189 Å². The molecule has 3 aromatic rings. The first-order valence-electron chi connectivity index (χ1n) is 11.1. The van der Waals surface area contributed by atoms with Crippen LogP contribution in [0.5, 0.6) is 0 Å². The highest BCUT2D eigenvalue weighted by Gasteiger charge is 2.28. The average Bonchev–Trinajstić information content (AvgIpc) is 3.14. The molecule has 1 amide bonds. The Bertz CT molecular complexity index is 1140. The topological polar surface area (TPSA) is 85.2 Å². The smallest absolute Gasteiger partial charge is 0.410 e. The summed E-state index contributed by atoms with van der Waals surface area (Å²) in [5.74, 6) is 2.59. The van der Waals surface area contributed by atoms with Crippen molar-refractivity contribution < 1.29 is 9.53 Å². The zero-order valence-electron chi connectivity index (χ0n) is 19.8. The summed E-state index contributed by atoms with van der Waals surface area (Å²) >= 11 is 0. The lowest BCUT2D eigenvalue weighted by atomic mass is 9.86. The molecule has 0 atom stereocenters. The van der Waals surface area contributed by atoms with E-state index in [1.807, 2.05) is 56.6 Å². The normalized spacial score (nSPS) is 15.2. The summed E-state index contributed by atoms with van der Waals surface area (Å²) in [4.78, 5) is 23.2. The number of anilines is 1. The summed E-state index contributed by atoms with van der Waals surface area (Å²) in [7, 11) is 1.85. The van der Waals surface area contributed by atoms with Crippen LogP contribution in [0.15, 0.2) is 24.4 Å². The van der Waals surface area contributed by atoms with Crippen molar-refractivity contribution >= 4 is 22.8 Å². The summed E-state index contributed by atoms with van der Waals surface area (Å²) in [5.41, 5.74) is 3.12. The van der Waals surface area contributed by atoms with Crippen molar-refractivity contribution in [3.8, 4) is 5.82 Å². The first-order valence-corrected chi connectivity index (χ1v) is 11.1. The van der Waals surface area contributed by atoms with Crippen LogP contribution in [0.3, 0.4) is 0 Å². The molecule has 170 valence electrons. The number of fused-ring (bicyclic) bond motifs is 1. The van der Waals surface area contributed by atoms with Crippen LogP contribution >= 0.6 is 0 Å². The van der Waals surface area contributed by atoms with E-state index in [1.54, 1.807) is 0 Å². The Hall–Kier alpha value is -3.16. The number of carbonyl (C=O) groups is 1. The third-order valence-electron chi connectivity index (χ3n) is 5.84. The van der Waals surface area contributed by atoms with E-state index in [1.165, 1.54) is 11.1 Å². The Balaban J connectivity index is 1.60. The van der Waals surface area contributed by atoms with Crippen molar-refractivity contribution in [1.82, 2.24) is 24.6 Å². The fraction of sp³-hybridized carbons (Fsp3) is 0.500. The molecule has 0 unspecified atom stereocenters. The highest BCUT2D eigenvalue weighted by Crippen LogP contribution is 2.34. The van der Waals surface area contributed by atoms with E-state index < -0.39 is 5.60 Å². The van der Waals surface area contributed by atoms with Gasteiger partial charge in [0.05, 0.1) is 11.7 Å². The number of aryl methyl sites for hydroxylation is 2. The summed E-state index contributed by atoms with van der Waals surface area (Å²) < 4.78 is 7.42. The Kier molecular flexibility index (Phi) is 5.79. The van der Waals surface area contributed by atoms with Crippen LogP contribution in [0.4, 0.5) is 10.6 Å². The van der Waals surface area contributed by atoms with Gasteiger partial charge in [-0.05, 0) is 76.6 Å². The molecule has 0 saturated carbocycles. The van der Waals surface area contributed by atoms with Crippen LogP contribution in [0.1, 0.15) is 56.5 Å². The molecule has 1 aliphatic rings. The van der Waals surface area contributed by atoms with Gasteiger partial charge in [0.2, 0.25) is 0 Å². The van der Waals surface area contributed by atoms with Crippen LogP contribution in [-0.4, -0.2) is 56.5 Å². The van der Waals surface area contributed by atoms with Gasteiger partial charge < -0.3 is 15.0 Å². The number of rotatable bonds is 3. The molecule has 1 aliphatic heterocycles. The predicted octanol–water partition coefficient (Wildman–Crippen LogP) is 4.59. The van der Waals surface area contributed by atoms with E-state index in [0.717, 1.165) is 35.4 Å². The maximum absolute atomic E-state index is 12.4. The van der Waals surface area contributed by atoms with Gasteiger partial charge in [0.15, 0.2) is 5.82 Å². The molecule has 4 rings (SSSR count). The molecular formula is C24H32N6O2. The summed E-state index contributed by atoms with van der Waals surface area (Å²) in [6, 6.07) is 6.34. The highest BCUT2D eigenvalue weighted by atomic mass is 16.6. The first-order chi connectivity index (χ1) is 15.1. The fourth-order valence-electron chi connectivity index (χ4n) is 4.31. The standard InChI is InChI=1S/C24H32N6O2/c1-15-11-18-14-26-30(22-13-21(25-6)27-16(2)28-22)20(18)12-19(15)17-7-9-29(10-8-17)23(31)32-24(3,4)5/h11-14,17H,7-10H2,1-6H3,(H,25,27,28). The molecule has 8 nitrogen and oxygen atoms in total. The zero-order valence-corrected chi connectivity index (χ0v) is 19.8. The lowest BCUT2D eigenvalue weighted by Crippen LogP contribution is -2.41. The van der Waals surface area contributed by atoms with Crippen molar-refractivity contribution in [2.24, 2.45) is 0 Å².